The molecule has 0 radical (unpaired) electrons. The van der Waals surface area contributed by atoms with Gasteiger partial charge in [0, 0.05) is 28.7 Å². The maximum Gasteiger partial charge on any atom is 0.289 e. The minimum Gasteiger partial charge on any atom is -0.492 e. The minimum atomic E-state index is -0.391. The van der Waals surface area contributed by atoms with Gasteiger partial charge in [0.25, 0.3) is 5.91 Å². The van der Waals surface area contributed by atoms with E-state index in [0.717, 1.165) is 5.56 Å². The van der Waals surface area contributed by atoms with Crippen LogP contribution in [-0.4, -0.2) is 54.1 Å². The molecule has 2 aromatic carbocycles. The van der Waals surface area contributed by atoms with Gasteiger partial charge in [0.15, 0.2) is 11.4 Å². The van der Waals surface area contributed by atoms with Crippen LogP contribution in [0, 0.1) is 0 Å². The molecule has 1 amide bonds. The molecule has 1 fully saturated rings. The lowest BCUT2D eigenvalue weighted by molar-refractivity contribution is 0.0124. The number of ether oxygens (including phenoxy) is 2. The first-order valence-electron chi connectivity index (χ1n) is 9.50. The molecule has 7 nitrogen and oxygen atoms in total. The van der Waals surface area contributed by atoms with Gasteiger partial charge in [-0.3, -0.25) is 10.2 Å². The fourth-order valence-corrected chi connectivity index (χ4v) is 3.92. The molecule has 162 valence electrons. The molecule has 1 saturated heterocycles. The van der Waals surface area contributed by atoms with Crippen molar-refractivity contribution in [1.82, 2.24) is 20.2 Å². The predicted octanol–water partition coefficient (Wildman–Crippen LogP) is 4.49. The highest BCUT2D eigenvalue weighted by Crippen LogP contribution is 2.38. The van der Waals surface area contributed by atoms with Crippen molar-refractivity contribution >= 4 is 40.7 Å². The summed E-state index contributed by atoms with van der Waals surface area (Å²) < 4.78 is 12.6. The van der Waals surface area contributed by atoms with Crippen LogP contribution in [0.3, 0.4) is 0 Å². The van der Waals surface area contributed by atoms with Crippen molar-refractivity contribution in [3.63, 3.8) is 0 Å². The molecule has 0 saturated carbocycles. The van der Waals surface area contributed by atoms with Crippen LogP contribution in [0.1, 0.15) is 10.5 Å². The highest BCUT2D eigenvalue weighted by molar-refractivity contribution is 6.35. The quantitative estimate of drug-likeness (QED) is 0.582. The summed E-state index contributed by atoms with van der Waals surface area (Å²) in [5.74, 6) is -0.0723. The highest BCUT2D eigenvalue weighted by atomic mass is 35.5. The van der Waals surface area contributed by atoms with Gasteiger partial charge in [-0.15, -0.1) is 0 Å². The number of rotatable bonds is 5. The maximum absolute atomic E-state index is 13.1. The Hall–Kier alpha value is -2.29. The van der Waals surface area contributed by atoms with E-state index >= 15 is 0 Å². The van der Waals surface area contributed by atoms with E-state index in [9.17, 15) is 4.79 Å². The Morgan fingerprint density at radius 3 is 2.39 bits per heavy atom. The molecule has 0 spiro atoms. The number of morpholine rings is 1. The largest absolute Gasteiger partial charge is 0.492 e. The van der Waals surface area contributed by atoms with Crippen LogP contribution in [0.25, 0.3) is 16.9 Å². The van der Waals surface area contributed by atoms with Crippen molar-refractivity contribution in [3.8, 4) is 22.7 Å². The molecule has 2 heterocycles. The average molecular weight is 482 g/mol. The molecule has 1 aliphatic rings. The van der Waals surface area contributed by atoms with Gasteiger partial charge in [-0.05, 0) is 30.3 Å². The number of hydrazine groups is 1. The van der Waals surface area contributed by atoms with E-state index < -0.39 is 5.91 Å². The molecule has 4 rings (SSSR count). The van der Waals surface area contributed by atoms with Crippen LogP contribution in [0.4, 0.5) is 0 Å². The summed E-state index contributed by atoms with van der Waals surface area (Å²) in [5.41, 5.74) is 4.87. The number of amides is 1. The zero-order valence-corrected chi connectivity index (χ0v) is 18.8. The standard InChI is InChI=1S/C21H19Cl3N4O3/c1-30-20-18(21(29)26-27-8-10-31-11-9-27)25-28(17-7-6-15(23)12-16(17)24)19(20)13-2-4-14(22)5-3-13/h2-7,12H,8-11H2,1H3,(H,26,29). The molecule has 0 atom stereocenters. The first kappa shape index (κ1) is 21.9. The molecule has 0 unspecified atom stereocenters. The first-order chi connectivity index (χ1) is 15.0. The minimum absolute atomic E-state index is 0.130. The normalized spacial score (nSPS) is 14.5. The van der Waals surface area contributed by atoms with Gasteiger partial charge in [-0.25, -0.2) is 9.69 Å². The number of hydrogen-bond donors (Lipinski definition) is 1. The number of nitrogens with one attached hydrogen (secondary N) is 1. The van der Waals surface area contributed by atoms with Crippen LogP contribution in [0.5, 0.6) is 5.75 Å². The second-order valence-corrected chi connectivity index (χ2v) is 8.07. The molecule has 0 bridgehead atoms. The summed E-state index contributed by atoms with van der Waals surface area (Å²) in [4.78, 5) is 13.1. The summed E-state index contributed by atoms with van der Waals surface area (Å²) in [6.45, 7) is 2.26. The topological polar surface area (TPSA) is 68.6 Å². The average Bonchev–Trinajstić information content (AvgIpc) is 3.14. The number of halogens is 3. The van der Waals surface area contributed by atoms with E-state index in [1.807, 2.05) is 12.1 Å². The lowest BCUT2D eigenvalue weighted by atomic mass is 10.1. The van der Waals surface area contributed by atoms with Gasteiger partial charge in [0.1, 0.15) is 5.69 Å². The predicted molar refractivity (Wildman–Crippen MR) is 120 cm³/mol. The van der Waals surface area contributed by atoms with Gasteiger partial charge in [-0.1, -0.05) is 46.9 Å². The Labute approximate surface area is 194 Å². The van der Waals surface area contributed by atoms with E-state index in [1.165, 1.54) is 7.11 Å². The van der Waals surface area contributed by atoms with Crippen molar-refractivity contribution < 1.29 is 14.3 Å². The first-order valence-corrected chi connectivity index (χ1v) is 10.6. The van der Waals surface area contributed by atoms with Crippen LogP contribution < -0.4 is 10.2 Å². The number of carbonyl (C=O) groups excluding carboxylic acids is 1. The molecular formula is C21H19Cl3N4O3. The number of hydrogen-bond acceptors (Lipinski definition) is 5. The Morgan fingerprint density at radius 1 is 1.06 bits per heavy atom. The van der Waals surface area contributed by atoms with Crippen LogP contribution in [-0.2, 0) is 4.74 Å². The monoisotopic (exact) mass is 480 g/mol. The molecule has 1 aliphatic heterocycles. The lowest BCUT2D eigenvalue weighted by Crippen LogP contribution is -2.48. The van der Waals surface area contributed by atoms with Gasteiger partial charge in [0.05, 0.1) is 31.0 Å². The third-order valence-electron chi connectivity index (χ3n) is 4.79. The Balaban J connectivity index is 1.84. The van der Waals surface area contributed by atoms with E-state index in [4.69, 9.17) is 44.3 Å². The number of carbonyl (C=O) groups is 1. The highest BCUT2D eigenvalue weighted by Gasteiger charge is 2.28. The summed E-state index contributed by atoms with van der Waals surface area (Å²) in [6.07, 6.45) is 0. The molecule has 1 aromatic heterocycles. The fourth-order valence-electron chi connectivity index (χ4n) is 3.31. The second kappa shape index (κ2) is 9.46. The van der Waals surface area contributed by atoms with Crippen molar-refractivity contribution in [2.45, 2.75) is 0 Å². The molecule has 10 heteroatoms. The number of benzene rings is 2. The van der Waals surface area contributed by atoms with Crippen LogP contribution in [0.2, 0.25) is 15.1 Å². The summed E-state index contributed by atoms with van der Waals surface area (Å²) >= 11 is 18.6. The Morgan fingerprint density at radius 2 is 1.74 bits per heavy atom. The van der Waals surface area contributed by atoms with Crippen molar-refractivity contribution in [2.75, 3.05) is 33.4 Å². The summed E-state index contributed by atoms with van der Waals surface area (Å²) in [5, 5.41) is 7.82. The molecule has 1 N–H and O–H groups in total. The number of aromatic nitrogens is 2. The van der Waals surface area contributed by atoms with Crippen molar-refractivity contribution in [3.05, 3.63) is 63.2 Å². The maximum atomic E-state index is 13.1. The number of nitrogens with zero attached hydrogens (tertiary/aromatic N) is 3. The fraction of sp³-hybridized carbons (Fsp3) is 0.238. The molecule has 31 heavy (non-hydrogen) atoms. The second-order valence-electron chi connectivity index (χ2n) is 6.79. The summed E-state index contributed by atoms with van der Waals surface area (Å²) in [7, 11) is 1.50. The van der Waals surface area contributed by atoms with E-state index in [2.05, 4.69) is 10.5 Å². The SMILES string of the molecule is COc1c(C(=O)NN2CCOCC2)nn(-c2ccc(Cl)cc2Cl)c1-c1ccc(Cl)cc1. The van der Waals surface area contributed by atoms with Crippen LogP contribution >= 0.6 is 34.8 Å². The molecular weight excluding hydrogens is 463 g/mol. The zero-order valence-electron chi connectivity index (χ0n) is 16.6. The van der Waals surface area contributed by atoms with E-state index in [-0.39, 0.29) is 5.69 Å². The van der Waals surface area contributed by atoms with Gasteiger partial charge >= 0.3 is 0 Å². The smallest absolute Gasteiger partial charge is 0.289 e. The van der Waals surface area contributed by atoms with Crippen LogP contribution in [0.15, 0.2) is 42.5 Å². The van der Waals surface area contributed by atoms with E-state index in [1.54, 1.807) is 40.0 Å². The summed E-state index contributed by atoms with van der Waals surface area (Å²) in [6, 6.07) is 12.2. The van der Waals surface area contributed by atoms with E-state index in [0.29, 0.717) is 58.5 Å². The van der Waals surface area contributed by atoms with Gasteiger partial charge in [0.2, 0.25) is 0 Å². The van der Waals surface area contributed by atoms with Gasteiger partial charge < -0.3 is 9.47 Å². The third-order valence-corrected chi connectivity index (χ3v) is 5.58. The van der Waals surface area contributed by atoms with Gasteiger partial charge in [-0.2, -0.15) is 5.10 Å². The number of methoxy groups -OCH3 is 1. The Bertz CT molecular complexity index is 1100. The van der Waals surface area contributed by atoms with Crippen molar-refractivity contribution in [2.24, 2.45) is 0 Å². The zero-order chi connectivity index (χ0) is 22.0. The molecule has 3 aromatic rings. The van der Waals surface area contributed by atoms with Crippen molar-refractivity contribution in [1.29, 1.82) is 0 Å². The third kappa shape index (κ3) is 4.66. The Kier molecular flexibility index (Phi) is 6.69. The lowest BCUT2D eigenvalue weighted by Gasteiger charge is -2.26. The molecule has 0 aliphatic carbocycles.